The summed E-state index contributed by atoms with van der Waals surface area (Å²) in [4.78, 5) is 28.8. The quantitative estimate of drug-likeness (QED) is 0.276. The highest BCUT2D eigenvalue weighted by Gasteiger charge is 2.57. The van der Waals surface area contributed by atoms with Gasteiger partial charge in [-0.1, -0.05) is 60.2 Å². The maximum Gasteiger partial charge on any atom is 0.238 e. The lowest BCUT2D eigenvalue weighted by atomic mass is 9.69. The number of imide groups is 1. The molecule has 2 saturated heterocycles. The molecule has 6 nitrogen and oxygen atoms in total. The number of amides is 2. The van der Waals surface area contributed by atoms with Crippen molar-refractivity contribution in [3.63, 3.8) is 0 Å². The monoisotopic (exact) mass is 535 g/mol. The van der Waals surface area contributed by atoms with Crippen molar-refractivity contribution in [1.29, 1.82) is 0 Å². The Morgan fingerprint density at radius 2 is 1.73 bits per heavy atom. The number of carbonyl (C=O) groups excluding carboxylic acids is 2. The summed E-state index contributed by atoms with van der Waals surface area (Å²) < 4.78 is 12.6. The summed E-state index contributed by atoms with van der Waals surface area (Å²) in [6, 6.07) is 26.1. The van der Waals surface area contributed by atoms with Crippen LogP contribution in [0.15, 0.2) is 102 Å². The summed E-state index contributed by atoms with van der Waals surface area (Å²) in [5.41, 5.74) is 4.97. The van der Waals surface area contributed by atoms with E-state index < -0.39 is 11.8 Å². The lowest BCUT2D eigenvalue weighted by molar-refractivity contribution is -0.122. The maximum atomic E-state index is 13.7. The van der Waals surface area contributed by atoms with E-state index in [0.29, 0.717) is 25.3 Å². The summed E-state index contributed by atoms with van der Waals surface area (Å²) >= 11 is 0. The Bertz CT molecular complexity index is 1460. The average Bonchev–Trinajstić information content (AvgIpc) is 3.50. The maximum absolute atomic E-state index is 13.7. The molecular formula is C34H33NO5. The van der Waals surface area contributed by atoms with Crippen molar-refractivity contribution in [2.45, 2.75) is 32.3 Å². The summed E-state index contributed by atoms with van der Waals surface area (Å²) in [6.45, 7) is 2.87. The molecule has 2 amide bonds. The Morgan fingerprint density at radius 3 is 2.48 bits per heavy atom. The van der Waals surface area contributed by atoms with Crippen LogP contribution >= 0.6 is 0 Å². The van der Waals surface area contributed by atoms with Crippen molar-refractivity contribution in [2.75, 3.05) is 18.1 Å². The van der Waals surface area contributed by atoms with Crippen molar-refractivity contribution in [3.05, 3.63) is 107 Å². The Kier molecular flexibility index (Phi) is 7.27. The fraction of sp³-hybridized carbons (Fsp3) is 0.294. The lowest BCUT2D eigenvalue weighted by Crippen LogP contribution is -2.35. The standard InChI is InChI=1S/C34H33NO5/c1-22(17-23-9-8-12-26(36)18-23)15-16-30-31-24(20-39-27-13-6-3-7-14-27)19-28-32(29(31)21-40-30)34(38)35(33(28)37)25-10-4-2-5-11-25/h2-14,17-18,28-30,32,36H,15-16,19-21H2,1H3/b22-17+/t28-,29+,30-,32-/m1/s1. The zero-order chi connectivity index (χ0) is 27.6. The van der Waals surface area contributed by atoms with E-state index in [1.807, 2.05) is 72.8 Å². The number of benzene rings is 3. The number of para-hydroxylation sites is 2. The lowest BCUT2D eigenvalue weighted by Gasteiger charge is -2.31. The Hall–Kier alpha value is -4.16. The van der Waals surface area contributed by atoms with Crippen LogP contribution in [0, 0.1) is 17.8 Å². The molecule has 4 atom stereocenters. The zero-order valence-corrected chi connectivity index (χ0v) is 22.5. The highest BCUT2D eigenvalue weighted by molar-refractivity contribution is 6.22. The van der Waals surface area contributed by atoms with Gasteiger partial charge in [-0.05, 0) is 79.3 Å². The summed E-state index contributed by atoms with van der Waals surface area (Å²) in [5, 5.41) is 9.80. The van der Waals surface area contributed by atoms with Gasteiger partial charge in [0.25, 0.3) is 0 Å². The number of fused-ring (bicyclic) bond motifs is 3. The molecule has 0 aromatic heterocycles. The van der Waals surface area contributed by atoms with Crippen molar-refractivity contribution in [2.24, 2.45) is 17.8 Å². The largest absolute Gasteiger partial charge is 0.508 e. The summed E-state index contributed by atoms with van der Waals surface area (Å²) in [7, 11) is 0. The van der Waals surface area contributed by atoms with Crippen LogP contribution in [0.3, 0.4) is 0 Å². The topological polar surface area (TPSA) is 76.1 Å². The van der Waals surface area contributed by atoms with Gasteiger partial charge in [0.1, 0.15) is 18.1 Å². The van der Waals surface area contributed by atoms with E-state index >= 15 is 0 Å². The smallest absolute Gasteiger partial charge is 0.238 e. The molecule has 2 fully saturated rings. The van der Waals surface area contributed by atoms with E-state index in [-0.39, 0.29) is 29.6 Å². The van der Waals surface area contributed by atoms with Gasteiger partial charge in [0.15, 0.2) is 0 Å². The molecule has 204 valence electrons. The predicted octanol–water partition coefficient (Wildman–Crippen LogP) is 6.18. The van der Waals surface area contributed by atoms with E-state index in [1.54, 1.807) is 12.1 Å². The minimum absolute atomic E-state index is 0.129. The van der Waals surface area contributed by atoms with E-state index in [0.717, 1.165) is 35.3 Å². The number of phenols is 1. The third-order valence-electron chi connectivity index (χ3n) is 8.26. The van der Waals surface area contributed by atoms with Crippen molar-refractivity contribution in [1.82, 2.24) is 0 Å². The molecule has 0 unspecified atom stereocenters. The molecule has 0 radical (unpaired) electrons. The van der Waals surface area contributed by atoms with Crippen LogP contribution in [0.2, 0.25) is 0 Å². The predicted molar refractivity (Wildman–Crippen MR) is 154 cm³/mol. The van der Waals surface area contributed by atoms with Gasteiger partial charge in [0, 0.05) is 5.92 Å². The highest BCUT2D eigenvalue weighted by atomic mass is 16.5. The molecular weight excluding hydrogens is 502 g/mol. The zero-order valence-electron chi connectivity index (χ0n) is 22.5. The fourth-order valence-electron chi connectivity index (χ4n) is 6.45. The fourth-order valence-corrected chi connectivity index (χ4v) is 6.45. The second-order valence-corrected chi connectivity index (χ2v) is 10.9. The van der Waals surface area contributed by atoms with Gasteiger partial charge in [-0.25, -0.2) is 0 Å². The summed E-state index contributed by atoms with van der Waals surface area (Å²) in [5.74, 6) is -0.216. The third-order valence-corrected chi connectivity index (χ3v) is 8.26. The van der Waals surface area contributed by atoms with Crippen LogP contribution in [-0.4, -0.2) is 36.2 Å². The number of nitrogens with zero attached hydrogens (tertiary/aromatic N) is 1. The van der Waals surface area contributed by atoms with Crippen LogP contribution in [0.4, 0.5) is 5.69 Å². The molecule has 0 saturated carbocycles. The molecule has 3 aliphatic rings. The van der Waals surface area contributed by atoms with Gasteiger partial charge in [0.2, 0.25) is 11.8 Å². The molecule has 2 heterocycles. The molecule has 6 heteroatoms. The molecule has 0 bridgehead atoms. The minimum Gasteiger partial charge on any atom is -0.508 e. The van der Waals surface area contributed by atoms with E-state index in [9.17, 15) is 14.7 Å². The van der Waals surface area contributed by atoms with Crippen LogP contribution in [-0.2, 0) is 14.3 Å². The molecule has 3 aromatic rings. The first-order valence-electron chi connectivity index (χ1n) is 13.9. The normalized spacial score (nSPS) is 24.3. The first kappa shape index (κ1) is 26.1. The molecule has 2 aliphatic heterocycles. The van der Waals surface area contributed by atoms with Crippen molar-refractivity contribution in [3.8, 4) is 11.5 Å². The van der Waals surface area contributed by atoms with Gasteiger partial charge in [-0.2, -0.15) is 0 Å². The van der Waals surface area contributed by atoms with Crippen molar-refractivity contribution < 1.29 is 24.2 Å². The van der Waals surface area contributed by atoms with Crippen LogP contribution in [0.5, 0.6) is 11.5 Å². The Labute approximate surface area is 234 Å². The van der Waals surface area contributed by atoms with Gasteiger partial charge in [-0.3, -0.25) is 14.5 Å². The van der Waals surface area contributed by atoms with E-state index in [1.165, 1.54) is 10.5 Å². The molecule has 0 spiro atoms. The number of phenolic OH excluding ortho intramolecular Hbond substituents is 1. The van der Waals surface area contributed by atoms with Crippen LogP contribution < -0.4 is 9.64 Å². The van der Waals surface area contributed by atoms with Crippen LogP contribution in [0.1, 0.15) is 31.7 Å². The van der Waals surface area contributed by atoms with Gasteiger partial charge < -0.3 is 14.6 Å². The number of hydrogen-bond acceptors (Lipinski definition) is 5. The minimum atomic E-state index is -0.419. The number of anilines is 1. The Morgan fingerprint density at radius 1 is 0.975 bits per heavy atom. The number of rotatable bonds is 8. The number of ether oxygens (including phenoxy) is 2. The summed E-state index contributed by atoms with van der Waals surface area (Å²) in [6.07, 6.45) is 4.01. The highest BCUT2D eigenvalue weighted by Crippen LogP contribution is 2.50. The van der Waals surface area contributed by atoms with Crippen molar-refractivity contribution >= 4 is 23.6 Å². The molecule has 40 heavy (non-hydrogen) atoms. The Balaban J connectivity index is 1.27. The molecule has 1 N–H and O–H groups in total. The van der Waals surface area contributed by atoms with Gasteiger partial charge in [0.05, 0.1) is 30.2 Å². The number of carbonyl (C=O) groups is 2. The second-order valence-electron chi connectivity index (χ2n) is 10.9. The molecule has 3 aromatic carbocycles. The van der Waals surface area contributed by atoms with E-state index in [2.05, 4.69) is 13.0 Å². The molecule has 1 aliphatic carbocycles. The SMILES string of the molecule is C/C(=C\c1cccc(O)c1)CC[C@H]1OC[C@H]2C1=C(COc1ccccc1)C[C@H]1C(=O)N(c3ccccc3)C(=O)[C@H]12. The number of hydrogen-bond donors (Lipinski definition) is 1. The van der Waals surface area contributed by atoms with Gasteiger partial charge >= 0.3 is 0 Å². The van der Waals surface area contributed by atoms with E-state index in [4.69, 9.17) is 9.47 Å². The van der Waals surface area contributed by atoms with Crippen LogP contribution in [0.25, 0.3) is 6.08 Å². The second kappa shape index (κ2) is 11.1. The molecule has 6 rings (SSSR count). The van der Waals surface area contributed by atoms with Gasteiger partial charge in [-0.15, -0.1) is 0 Å². The number of allylic oxidation sites excluding steroid dienone is 1. The first-order valence-corrected chi connectivity index (χ1v) is 13.9. The third kappa shape index (κ3) is 5.07. The first-order chi connectivity index (χ1) is 19.5. The number of aromatic hydroxyl groups is 1. The average molecular weight is 536 g/mol.